The maximum absolute atomic E-state index is 12.5. The molecule has 9 nitrogen and oxygen atoms in total. The summed E-state index contributed by atoms with van der Waals surface area (Å²) in [6, 6.07) is 8.15. The average Bonchev–Trinajstić information content (AvgIpc) is 3.63. The van der Waals surface area contributed by atoms with E-state index in [4.69, 9.17) is 0 Å². The second kappa shape index (κ2) is 11.9. The van der Waals surface area contributed by atoms with Crippen molar-refractivity contribution in [1.29, 1.82) is 0 Å². The molecule has 5 rings (SSSR count). The van der Waals surface area contributed by atoms with Crippen LogP contribution in [-0.4, -0.2) is 39.3 Å². The quantitative estimate of drug-likeness (QED) is 0.273. The molecule has 198 valence electrons. The number of halogens is 3. The van der Waals surface area contributed by atoms with Crippen LogP contribution in [-0.2, 0) is 6.18 Å². The molecule has 2 aliphatic carbocycles. The van der Waals surface area contributed by atoms with Gasteiger partial charge in [-0.1, -0.05) is 25.3 Å². The van der Waals surface area contributed by atoms with Crippen LogP contribution in [0.3, 0.4) is 0 Å². The van der Waals surface area contributed by atoms with Gasteiger partial charge < -0.3 is 21.3 Å². The van der Waals surface area contributed by atoms with E-state index in [2.05, 4.69) is 41.4 Å². The van der Waals surface area contributed by atoms with Gasteiger partial charge in [0.1, 0.15) is 5.82 Å². The Kier molecular flexibility index (Phi) is 8.47. The van der Waals surface area contributed by atoms with Crippen LogP contribution in [0.1, 0.15) is 62.1 Å². The molecule has 0 bridgehead atoms. The van der Waals surface area contributed by atoms with Crippen LogP contribution in [0.15, 0.2) is 42.6 Å². The number of anilines is 4. The van der Waals surface area contributed by atoms with E-state index in [1.165, 1.54) is 37.1 Å². The number of alkyl halides is 3. The van der Waals surface area contributed by atoms with Gasteiger partial charge in [-0.3, -0.25) is 5.10 Å². The fourth-order valence-corrected chi connectivity index (χ4v) is 4.06. The van der Waals surface area contributed by atoms with Crippen LogP contribution in [0.4, 0.5) is 41.2 Å². The maximum Gasteiger partial charge on any atom is 0.416 e. The molecule has 5 N–H and O–H groups in total. The second-order valence-electron chi connectivity index (χ2n) is 9.14. The van der Waals surface area contributed by atoms with Gasteiger partial charge in [0, 0.05) is 42.7 Å². The zero-order valence-corrected chi connectivity index (χ0v) is 20.5. The molecule has 0 atom stereocenters. The molecule has 3 aromatic rings. The number of benzene rings is 1. The predicted molar refractivity (Wildman–Crippen MR) is 136 cm³/mol. The summed E-state index contributed by atoms with van der Waals surface area (Å²) < 4.78 is 37.6. The molecule has 0 aliphatic heterocycles. The average molecular weight is 517 g/mol. The van der Waals surface area contributed by atoms with Gasteiger partial charge in [0.15, 0.2) is 5.82 Å². The van der Waals surface area contributed by atoms with Gasteiger partial charge in [0.2, 0.25) is 5.95 Å². The molecule has 2 amide bonds. The Morgan fingerprint density at radius 2 is 1.81 bits per heavy atom. The third-order valence-corrected chi connectivity index (χ3v) is 6.14. The molecule has 2 fully saturated rings. The molecule has 0 unspecified atom stereocenters. The Morgan fingerprint density at radius 1 is 1.03 bits per heavy atom. The number of carbonyl (C=O) groups excluding carboxylic acids is 1. The molecule has 2 aliphatic rings. The van der Waals surface area contributed by atoms with Gasteiger partial charge in [0.25, 0.3) is 0 Å². The van der Waals surface area contributed by atoms with Crippen LogP contribution in [0.2, 0.25) is 0 Å². The number of H-pyrrole nitrogens is 1. The van der Waals surface area contributed by atoms with Crippen molar-refractivity contribution in [3.8, 4) is 0 Å². The van der Waals surface area contributed by atoms with E-state index in [9.17, 15) is 18.0 Å². The molecule has 1 aromatic carbocycles. The first-order chi connectivity index (χ1) is 17.8. The number of amides is 2. The summed E-state index contributed by atoms with van der Waals surface area (Å²) in [5.41, 5.74) is 0.580. The summed E-state index contributed by atoms with van der Waals surface area (Å²) in [6.45, 7) is 0. The van der Waals surface area contributed by atoms with E-state index in [1.807, 2.05) is 12.1 Å². The molecule has 2 saturated carbocycles. The zero-order valence-electron chi connectivity index (χ0n) is 20.5. The summed E-state index contributed by atoms with van der Waals surface area (Å²) in [5, 5.41) is 18.5. The van der Waals surface area contributed by atoms with Crippen LogP contribution >= 0.6 is 0 Å². The molecule has 0 spiro atoms. The van der Waals surface area contributed by atoms with Crippen LogP contribution in [0.5, 0.6) is 0 Å². The van der Waals surface area contributed by atoms with Crippen LogP contribution in [0.25, 0.3) is 0 Å². The van der Waals surface area contributed by atoms with E-state index in [0.29, 0.717) is 11.9 Å². The maximum atomic E-state index is 12.5. The lowest BCUT2D eigenvalue weighted by atomic mass is 9.96. The number of urea groups is 1. The molecule has 2 aromatic heterocycles. The topological polar surface area (TPSA) is 120 Å². The Hall–Kier alpha value is -3.83. The fourth-order valence-electron chi connectivity index (χ4n) is 4.06. The third-order valence-electron chi connectivity index (χ3n) is 6.14. The van der Waals surface area contributed by atoms with Gasteiger partial charge in [-0.15, -0.1) is 0 Å². The highest BCUT2D eigenvalue weighted by Crippen LogP contribution is 2.39. The molecule has 37 heavy (non-hydrogen) atoms. The number of nitrogens with one attached hydrogen (secondary N) is 5. The molecular formula is C25H31F3N8O. The standard InChI is InChI=1S/C14H17F3N2O.C11H14N6/c15-14(16,17)10-5-4-8-12(9-10)19-13(20)18-11-6-2-1-3-7-11;1-12-11-13-5-4-9(15-11)14-10-6-8(16-17-10)7-2-3-7/h4-5,8-9,11H,1-3,6-7H2,(H2,18,19,20);4-7H,2-3H2,1H3,(H3,12,13,14,15,16,17). The van der Waals surface area contributed by atoms with Gasteiger partial charge >= 0.3 is 12.2 Å². The van der Waals surface area contributed by atoms with Crippen molar-refractivity contribution in [2.24, 2.45) is 0 Å². The number of hydrogen-bond acceptors (Lipinski definition) is 6. The first-order valence-electron chi connectivity index (χ1n) is 12.4. The first-order valence-corrected chi connectivity index (χ1v) is 12.4. The Morgan fingerprint density at radius 3 is 2.51 bits per heavy atom. The molecule has 12 heteroatoms. The fraction of sp³-hybridized carbons (Fsp3) is 0.440. The van der Waals surface area contributed by atoms with Crippen molar-refractivity contribution in [3.05, 3.63) is 53.9 Å². The Labute approximate surface area is 213 Å². The highest BCUT2D eigenvalue weighted by atomic mass is 19.4. The summed E-state index contributed by atoms with van der Waals surface area (Å²) >= 11 is 0. The van der Waals surface area contributed by atoms with Gasteiger partial charge in [-0.25, -0.2) is 9.78 Å². The van der Waals surface area contributed by atoms with Crippen molar-refractivity contribution in [2.45, 2.75) is 63.1 Å². The van der Waals surface area contributed by atoms with Gasteiger partial charge in [0.05, 0.1) is 5.56 Å². The Balaban J connectivity index is 0.000000175. The molecule has 0 radical (unpaired) electrons. The number of aromatic amines is 1. The van der Waals surface area contributed by atoms with Crippen molar-refractivity contribution >= 4 is 29.3 Å². The molecule has 2 heterocycles. The number of aromatic nitrogens is 4. The van der Waals surface area contributed by atoms with Gasteiger partial charge in [-0.05, 0) is 49.9 Å². The van der Waals surface area contributed by atoms with E-state index in [1.54, 1.807) is 13.2 Å². The number of hydrogen-bond donors (Lipinski definition) is 5. The lowest BCUT2D eigenvalue weighted by Gasteiger charge is -2.23. The first kappa shape index (κ1) is 26.2. The van der Waals surface area contributed by atoms with Crippen LogP contribution in [0, 0.1) is 0 Å². The number of rotatable bonds is 6. The summed E-state index contributed by atoms with van der Waals surface area (Å²) in [5.74, 6) is 2.80. The highest BCUT2D eigenvalue weighted by molar-refractivity contribution is 5.89. The van der Waals surface area contributed by atoms with Gasteiger partial charge in [-0.2, -0.15) is 23.3 Å². The minimum absolute atomic E-state index is 0.120. The van der Waals surface area contributed by atoms with E-state index < -0.39 is 17.8 Å². The monoisotopic (exact) mass is 516 g/mol. The largest absolute Gasteiger partial charge is 0.416 e. The number of carbonyl (C=O) groups is 1. The zero-order chi connectivity index (χ0) is 26.3. The van der Waals surface area contributed by atoms with Crippen molar-refractivity contribution in [1.82, 2.24) is 25.5 Å². The normalized spacial score (nSPS) is 15.8. The van der Waals surface area contributed by atoms with Crippen LogP contribution < -0.4 is 21.3 Å². The third kappa shape index (κ3) is 8.09. The summed E-state index contributed by atoms with van der Waals surface area (Å²) in [7, 11) is 1.79. The second-order valence-corrected chi connectivity index (χ2v) is 9.14. The summed E-state index contributed by atoms with van der Waals surface area (Å²) in [6.07, 6.45) is 5.01. The lowest BCUT2D eigenvalue weighted by molar-refractivity contribution is -0.137. The summed E-state index contributed by atoms with van der Waals surface area (Å²) in [4.78, 5) is 20.1. The lowest BCUT2D eigenvalue weighted by Crippen LogP contribution is -2.39. The predicted octanol–water partition coefficient (Wildman–Crippen LogP) is 6.02. The Bertz CT molecular complexity index is 1170. The highest BCUT2D eigenvalue weighted by Gasteiger charge is 2.30. The SMILES string of the molecule is CNc1nccc(Nc2cc(C3CC3)[nH]n2)n1.O=C(Nc1cccc(C(F)(F)F)c1)NC1CCCCC1. The smallest absolute Gasteiger partial charge is 0.357 e. The van der Waals surface area contributed by atoms with E-state index >= 15 is 0 Å². The molecule has 0 saturated heterocycles. The number of nitrogens with zero attached hydrogens (tertiary/aromatic N) is 3. The minimum atomic E-state index is -4.41. The van der Waals surface area contributed by atoms with E-state index in [-0.39, 0.29) is 11.7 Å². The van der Waals surface area contributed by atoms with Crippen molar-refractivity contribution < 1.29 is 18.0 Å². The van der Waals surface area contributed by atoms with E-state index in [0.717, 1.165) is 49.5 Å². The molecular weight excluding hydrogens is 485 g/mol. The minimum Gasteiger partial charge on any atom is -0.357 e. The van der Waals surface area contributed by atoms with Crippen molar-refractivity contribution in [2.75, 3.05) is 23.0 Å². The van der Waals surface area contributed by atoms with Crippen molar-refractivity contribution in [3.63, 3.8) is 0 Å².